The smallest absolute Gasteiger partial charge is 0.345 e. The normalized spacial score (nSPS) is 10.7. The lowest BCUT2D eigenvalue weighted by atomic mass is 10.2. The Hall–Kier alpha value is -4.13. The Kier molecular flexibility index (Phi) is 8.34. The van der Waals surface area contributed by atoms with E-state index in [0.29, 0.717) is 32.7 Å². The number of ether oxygens (including phenoxy) is 2. The molecule has 0 aliphatic rings. The quantitative estimate of drug-likeness (QED) is 0.124. The number of amides is 1. The molecule has 6 nitrogen and oxygen atoms in total. The third kappa shape index (κ3) is 6.72. The van der Waals surface area contributed by atoms with Gasteiger partial charge in [0.1, 0.15) is 18.1 Å². The molecule has 0 radical (unpaired) electrons. The fourth-order valence-electron chi connectivity index (χ4n) is 3.16. The van der Waals surface area contributed by atoms with E-state index in [1.807, 2.05) is 12.1 Å². The van der Waals surface area contributed by atoms with Gasteiger partial charge in [0.25, 0.3) is 5.91 Å². The molecule has 0 aliphatic heterocycles. The number of nitrogens with zero attached hydrogens (tertiary/aromatic N) is 1. The van der Waals surface area contributed by atoms with Crippen molar-refractivity contribution in [3.05, 3.63) is 129 Å². The largest absolute Gasteiger partial charge is 0.488 e. The number of benzene rings is 4. The van der Waals surface area contributed by atoms with Gasteiger partial charge in [-0.2, -0.15) is 5.10 Å². The second-order valence-corrected chi connectivity index (χ2v) is 8.39. The molecule has 0 atom stereocenters. The summed E-state index contributed by atoms with van der Waals surface area (Å²) in [5.41, 5.74) is 4.75. The van der Waals surface area contributed by atoms with Crippen molar-refractivity contribution in [1.82, 2.24) is 5.43 Å². The summed E-state index contributed by atoms with van der Waals surface area (Å²) in [7, 11) is 0. The summed E-state index contributed by atoms with van der Waals surface area (Å²) < 4.78 is 11.2. The minimum absolute atomic E-state index is 0.282. The Balaban J connectivity index is 1.33. The van der Waals surface area contributed by atoms with E-state index in [4.69, 9.17) is 32.7 Å². The average molecular weight is 519 g/mol. The van der Waals surface area contributed by atoms with E-state index >= 15 is 0 Å². The van der Waals surface area contributed by atoms with Crippen LogP contribution in [0.4, 0.5) is 0 Å². The number of esters is 1. The predicted molar refractivity (Wildman–Crippen MR) is 140 cm³/mol. The average Bonchev–Trinajstić information content (AvgIpc) is 2.89. The molecule has 36 heavy (non-hydrogen) atoms. The Morgan fingerprint density at radius 1 is 0.806 bits per heavy atom. The summed E-state index contributed by atoms with van der Waals surface area (Å²) >= 11 is 11.9. The first-order chi connectivity index (χ1) is 17.5. The number of hydrazone groups is 1. The van der Waals surface area contributed by atoms with Crippen LogP contribution >= 0.6 is 23.2 Å². The summed E-state index contributed by atoms with van der Waals surface area (Å²) in [6, 6.07) is 27.5. The molecular formula is C28H20Cl2N2O4. The Bertz CT molecular complexity index is 1390. The maximum absolute atomic E-state index is 12.7. The van der Waals surface area contributed by atoms with Crippen LogP contribution in [0.3, 0.4) is 0 Å². The number of carbonyl (C=O) groups is 2. The number of hydrogen-bond donors (Lipinski definition) is 1. The summed E-state index contributed by atoms with van der Waals surface area (Å²) in [4.78, 5) is 24.9. The van der Waals surface area contributed by atoms with Crippen molar-refractivity contribution in [3.63, 3.8) is 0 Å². The number of nitrogens with one attached hydrogen (secondary N) is 1. The molecule has 8 heteroatoms. The van der Waals surface area contributed by atoms with E-state index < -0.39 is 11.9 Å². The second-order valence-electron chi connectivity index (χ2n) is 7.55. The van der Waals surface area contributed by atoms with Crippen molar-refractivity contribution in [1.29, 1.82) is 0 Å². The molecule has 0 aromatic heterocycles. The van der Waals surface area contributed by atoms with Crippen molar-refractivity contribution in [2.24, 2.45) is 5.10 Å². The highest BCUT2D eigenvalue weighted by Crippen LogP contribution is 2.21. The Labute approximate surface area is 218 Å². The zero-order valence-corrected chi connectivity index (χ0v) is 20.4. The molecule has 0 heterocycles. The van der Waals surface area contributed by atoms with Gasteiger partial charge in [-0.25, -0.2) is 10.2 Å². The van der Waals surface area contributed by atoms with Crippen LogP contribution in [0.2, 0.25) is 10.0 Å². The molecule has 0 fully saturated rings. The van der Waals surface area contributed by atoms with Gasteiger partial charge in [0.2, 0.25) is 0 Å². The molecule has 4 rings (SSSR count). The molecular weight excluding hydrogens is 499 g/mol. The Morgan fingerprint density at radius 3 is 2.19 bits per heavy atom. The van der Waals surface area contributed by atoms with E-state index in [0.717, 1.165) is 5.56 Å². The molecule has 180 valence electrons. The molecule has 0 saturated carbocycles. The van der Waals surface area contributed by atoms with Crippen LogP contribution in [0.15, 0.2) is 102 Å². The van der Waals surface area contributed by atoms with Crippen LogP contribution in [0.1, 0.15) is 31.8 Å². The summed E-state index contributed by atoms with van der Waals surface area (Å²) in [5.74, 6) is -0.174. The number of hydrogen-bond acceptors (Lipinski definition) is 5. The predicted octanol–water partition coefficient (Wildman–Crippen LogP) is 6.56. The van der Waals surface area contributed by atoms with E-state index in [1.54, 1.807) is 84.9 Å². The zero-order valence-electron chi connectivity index (χ0n) is 18.9. The van der Waals surface area contributed by atoms with Crippen LogP contribution in [0.5, 0.6) is 11.5 Å². The van der Waals surface area contributed by atoms with Gasteiger partial charge >= 0.3 is 5.97 Å². The molecule has 0 unspecified atom stereocenters. The topological polar surface area (TPSA) is 77.0 Å². The minimum atomic E-state index is -0.550. The van der Waals surface area contributed by atoms with Gasteiger partial charge in [0.05, 0.1) is 22.4 Å². The number of rotatable bonds is 8. The van der Waals surface area contributed by atoms with Crippen LogP contribution < -0.4 is 14.9 Å². The molecule has 0 saturated heterocycles. The highest BCUT2D eigenvalue weighted by molar-refractivity contribution is 6.33. The first kappa shape index (κ1) is 25.0. The van der Waals surface area contributed by atoms with Gasteiger partial charge in [-0.3, -0.25) is 4.79 Å². The Morgan fingerprint density at radius 2 is 1.47 bits per heavy atom. The van der Waals surface area contributed by atoms with E-state index in [2.05, 4.69) is 10.5 Å². The van der Waals surface area contributed by atoms with Crippen LogP contribution in [-0.2, 0) is 6.61 Å². The first-order valence-corrected chi connectivity index (χ1v) is 11.6. The third-order valence-corrected chi connectivity index (χ3v) is 5.58. The molecule has 4 aromatic carbocycles. The minimum Gasteiger partial charge on any atom is -0.488 e. The fraction of sp³-hybridized carbons (Fsp3) is 0.0357. The number of para-hydroxylation sites is 1. The maximum atomic E-state index is 12.7. The van der Waals surface area contributed by atoms with Crippen molar-refractivity contribution in [2.45, 2.75) is 6.61 Å². The lowest BCUT2D eigenvalue weighted by Crippen LogP contribution is -2.18. The fourth-order valence-corrected chi connectivity index (χ4v) is 3.50. The standard InChI is InChI=1S/C28H20Cl2N2O4/c29-21-13-9-20(10-14-21)18-35-26-8-4-2-6-24(26)27(33)32-31-17-19-11-15-22(16-12-19)36-28(34)23-5-1-3-7-25(23)30/h1-17H,18H2,(H,32,33)/b31-17-. The van der Waals surface area contributed by atoms with Gasteiger partial charge < -0.3 is 9.47 Å². The van der Waals surface area contributed by atoms with Crippen LogP contribution in [-0.4, -0.2) is 18.1 Å². The van der Waals surface area contributed by atoms with Crippen LogP contribution in [0, 0.1) is 0 Å². The van der Waals surface area contributed by atoms with Gasteiger partial charge in [0.15, 0.2) is 0 Å². The van der Waals surface area contributed by atoms with Crippen molar-refractivity contribution >= 4 is 41.3 Å². The monoisotopic (exact) mass is 518 g/mol. The summed E-state index contributed by atoms with van der Waals surface area (Å²) in [6.45, 7) is 0.290. The van der Waals surface area contributed by atoms with Gasteiger partial charge in [-0.1, -0.05) is 59.6 Å². The van der Waals surface area contributed by atoms with Crippen LogP contribution in [0.25, 0.3) is 0 Å². The van der Waals surface area contributed by atoms with E-state index in [9.17, 15) is 9.59 Å². The van der Waals surface area contributed by atoms with Crippen molar-refractivity contribution in [2.75, 3.05) is 0 Å². The summed E-state index contributed by atoms with van der Waals surface area (Å²) in [6.07, 6.45) is 1.48. The molecule has 0 aliphatic carbocycles. The van der Waals surface area contributed by atoms with Gasteiger partial charge in [-0.15, -0.1) is 0 Å². The molecule has 0 bridgehead atoms. The molecule has 4 aromatic rings. The first-order valence-electron chi connectivity index (χ1n) is 10.9. The SMILES string of the molecule is O=C(Oc1ccc(/C=N\NC(=O)c2ccccc2OCc2ccc(Cl)cc2)cc1)c1ccccc1Cl. The van der Waals surface area contributed by atoms with Gasteiger partial charge in [0, 0.05) is 5.02 Å². The number of carbonyl (C=O) groups excluding carboxylic acids is 2. The zero-order chi connectivity index (χ0) is 25.3. The lowest BCUT2D eigenvalue weighted by Gasteiger charge is -2.10. The van der Waals surface area contributed by atoms with E-state index in [-0.39, 0.29) is 12.2 Å². The number of halogens is 2. The third-order valence-electron chi connectivity index (χ3n) is 5.00. The van der Waals surface area contributed by atoms with Crippen molar-refractivity contribution < 1.29 is 19.1 Å². The highest BCUT2D eigenvalue weighted by Gasteiger charge is 2.13. The maximum Gasteiger partial charge on any atom is 0.345 e. The highest BCUT2D eigenvalue weighted by atomic mass is 35.5. The summed E-state index contributed by atoms with van der Waals surface area (Å²) in [5, 5.41) is 4.98. The second kappa shape index (κ2) is 12.0. The lowest BCUT2D eigenvalue weighted by molar-refractivity contribution is 0.0734. The molecule has 1 amide bonds. The molecule has 1 N–H and O–H groups in total. The molecule has 0 spiro atoms. The van der Waals surface area contributed by atoms with Crippen molar-refractivity contribution in [3.8, 4) is 11.5 Å². The van der Waals surface area contributed by atoms with Gasteiger partial charge in [-0.05, 0) is 71.8 Å². The van der Waals surface area contributed by atoms with E-state index in [1.165, 1.54) is 6.21 Å².